The van der Waals surface area contributed by atoms with E-state index in [1.807, 2.05) is 19.2 Å². The molecule has 0 aliphatic carbocycles. The highest BCUT2D eigenvalue weighted by Crippen LogP contribution is 2.25. The number of nitrogens with one attached hydrogen (secondary N) is 1. The third kappa shape index (κ3) is 3.57. The average molecular weight is 280 g/mol. The lowest BCUT2D eigenvalue weighted by atomic mass is 9.93. The molecule has 3 nitrogen and oxygen atoms in total. The molecule has 1 N–H and O–H groups in total. The lowest BCUT2D eigenvalue weighted by Gasteiger charge is -2.37. The molecule has 0 spiro atoms. The van der Waals surface area contributed by atoms with Gasteiger partial charge in [-0.2, -0.15) is 0 Å². The maximum absolute atomic E-state index is 14.0. The first kappa shape index (κ1) is 15.4. The molecule has 1 saturated heterocycles. The van der Waals surface area contributed by atoms with Gasteiger partial charge in [0.2, 0.25) is 0 Å². The summed E-state index contributed by atoms with van der Waals surface area (Å²) in [4.78, 5) is 2.43. The van der Waals surface area contributed by atoms with Crippen molar-refractivity contribution in [2.75, 3.05) is 33.4 Å². The van der Waals surface area contributed by atoms with E-state index < -0.39 is 0 Å². The highest BCUT2D eigenvalue weighted by molar-refractivity contribution is 5.21. The third-order valence-corrected chi connectivity index (χ3v) is 4.15. The van der Waals surface area contributed by atoms with Crippen LogP contribution in [0, 0.1) is 11.7 Å². The fourth-order valence-electron chi connectivity index (χ4n) is 2.98. The molecule has 0 radical (unpaired) electrons. The normalized spacial score (nSPS) is 23.5. The second kappa shape index (κ2) is 7.16. The Kier molecular flexibility index (Phi) is 5.52. The van der Waals surface area contributed by atoms with Crippen molar-refractivity contribution in [1.29, 1.82) is 0 Å². The minimum Gasteiger partial charge on any atom is -0.379 e. The summed E-state index contributed by atoms with van der Waals surface area (Å²) in [5.74, 6) is 0.200. The Morgan fingerprint density at radius 2 is 2.20 bits per heavy atom. The van der Waals surface area contributed by atoms with Gasteiger partial charge in [0.15, 0.2) is 0 Å². The number of hydrogen-bond donors (Lipinski definition) is 1. The van der Waals surface area contributed by atoms with E-state index in [9.17, 15) is 4.39 Å². The minimum atomic E-state index is -0.131. The molecule has 0 bridgehead atoms. The van der Waals surface area contributed by atoms with Crippen molar-refractivity contribution < 1.29 is 9.13 Å². The van der Waals surface area contributed by atoms with Gasteiger partial charge in [-0.05, 0) is 26.0 Å². The summed E-state index contributed by atoms with van der Waals surface area (Å²) in [5.41, 5.74) is 0.753. The highest BCUT2D eigenvalue weighted by Gasteiger charge is 2.26. The standard InChI is InChI=1S/C16H25FN2O/c1-12(10-19-8-9-20-11-13(19)2)16(18-3)14-6-4-5-7-15(14)17/h4-7,12-13,16,18H,8-11H2,1-3H3. The van der Waals surface area contributed by atoms with Crippen LogP contribution in [-0.2, 0) is 4.74 Å². The molecular weight excluding hydrogens is 255 g/mol. The van der Waals surface area contributed by atoms with Crippen LogP contribution >= 0.6 is 0 Å². The predicted molar refractivity (Wildman–Crippen MR) is 79.2 cm³/mol. The molecule has 1 aromatic carbocycles. The zero-order valence-corrected chi connectivity index (χ0v) is 12.6. The van der Waals surface area contributed by atoms with Gasteiger partial charge in [0, 0.05) is 30.7 Å². The van der Waals surface area contributed by atoms with Crippen LogP contribution < -0.4 is 5.32 Å². The van der Waals surface area contributed by atoms with Gasteiger partial charge in [-0.3, -0.25) is 4.90 Å². The van der Waals surface area contributed by atoms with Crippen molar-refractivity contribution in [3.05, 3.63) is 35.6 Å². The number of rotatable bonds is 5. The van der Waals surface area contributed by atoms with Crippen molar-refractivity contribution in [2.45, 2.75) is 25.9 Å². The van der Waals surface area contributed by atoms with Crippen molar-refractivity contribution in [2.24, 2.45) is 5.92 Å². The van der Waals surface area contributed by atoms with Crippen LogP contribution in [0.2, 0.25) is 0 Å². The molecule has 1 aromatic rings. The summed E-state index contributed by atoms with van der Waals surface area (Å²) in [6.45, 7) is 7.85. The van der Waals surface area contributed by atoms with Gasteiger partial charge in [-0.15, -0.1) is 0 Å². The van der Waals surface area contributed by atoms with Gasteiger partial charge < -0.3 is 10.1 Å². The molecule has 0 amide bonds. The molecule has 1 fully saturated rings. The highest BCUT2D eigenvalue weighted by atomic mass is 19.1. The molecule has 1 aliphatic heterocycles. The van der Waals surface area contributed by atoms with Crippen LogP contribution in [0.3, 0.4) is 0 Å². The second-order valence-corrected chi connectivity index (χ2v) is 5.68. The first-order valence-electron chi connectivity index (χ1n) is 7.37. The Hall–Kier alpha value is -0.970. The molecule has 4 heteroatoms. The van der Waals surface area contributed by atoms with Crippen LogP contribution in [0.5, 0.6) is 0 Å². The molecule has 1 aliphatic rings. The summed E-state index contributed by atoms with van der Waals surface area (Å²) in [5, 5.41) is 3.27. The van der Waals surface area contributed by atoms with Gasteiger partial charge in [-0.25, -0.2) is 4.39 Å². The predicted octanol–water partition coefficient (Wildman–Crippen LogP) is 2.44. The Labute approximate surface area is 121 Å². The zero-order valence-electron chi connectivity index (χ0n) is 12.6. The minimum absolute atomic E-state index is 0.0336. The van der Waals surface area contributed by atoms with E-state index in [4.69, 9.17) is 4.74 Å². The molecule has 3 unspecified atom stereocenters. The molecule has 20 heavy (non-hydrogen) atoms. The van der Waals surface area contributed by atoms with Gasteiger partial charge in [-0.1, -0.05) is 25.1 Å². The van der Waals surface area contributed by atoms with Crippen molar-refractivity contribution in [3.63, 3.8) is 0 Å². The molecule has 1 heterocycles. The lowest BCUT2D eigenvalue weighted by molar-refractivity contribution is -0.00846. The first-order valence-corrected chi connectivity index (χ1v) is 7.37. The molecule has 0 saturated carbocycles. The molecule has 0 aromatic heterocycles. The lowest BCUT2D eigenvalue weighted by Crippen LogP contribution is -2.47. The van der Waals surface area contributed by atoms with Gasteiger partial charge in [0.25, 0.3) is 0 Å². The number of halogens is 1. The average Bonchev–Trinajstić information content (AvgIpc) is 2.44. The van der Waals surface area contributed by atoms with Crippen molar-refractivity contribution in [1.82, 2.24) is 10.2 Å². The van der Waals surface area contributed by atoms with E-state index in [-0.39, 0.29) is 11.9 Å². The largest absolute Gasteiger partial charge is 0.379 e. The van der Waals surface area contributed by atoms with Gasteiger partial charge in [0.05, 0.1) is 13.2 Å². The molecule has 3 atom stereocenters. The van der Waals surface area contributed by atoms with Crippen molar-refractivity contribution in [3.8, 4) is 0 Å². The molecular formula is C16H25FN2O. The summed E-state index contributed by atoms with van der Waals surface area (Å²) < 4.78 is 19.4. The smallest absolute Gasteiger partial charge is 0.127 e. The van der Waals surface area contributed by atoms with Crippen LogP contribution in [0.25, 0.3) is 0 Å². The maximum atomic E-state index is 14.0. The maximum Gasteiger partial charge on any atom is 0.127 e. The Balaban J connectivity index is 2.05. The topological polar surface area (TPSA) is 24.5 Å². The number of ether oxygens (including phenoxy) is 1. The van der Waals surface area contributed by atoms with Gasteiger partial charge in [0.1, 0.15) is 5.82 Å². The summed E-state index contributed by atoms with van der Waals surface area (Å²) in [6, 6.07) is 7.50. The van der Waals surface area contributed by atoms with E-state index in [1.54, 1.807) is 6.07 Å². The van der Waals surface area contributed by atoms with Gasteiger partial charge >= 0.3 is 0 Å². The first-order chi connectivity index (χ1) is 9.63. The van der Waals surface area contributed by atoms with Crippen molar-refractivity contribution >= 4 is 0 Å². The van der Waals surface area contributed by atoms with Crippen LogP contribution in [-0.4, -0.2) is 44.3 Å². The summed E-state index contributed by atoms with van der Waals surface area (Å²) in [6.07, 6.45) is 0. The van der Waals surface area contributed by atoms with E-state index in [1.165, 1.54) is 6.07 Å². The molecule has 112 valence electrons. The van der Waals surface area contributed by atoms with E-state index in [0.717, 1.165) is 31.9 Å². The van der Waals surface area contributed by atoms with E-state index in [0.29, 0.717) is 12.0 Å². The zero-order chi connectivity index (χ0) is 14.5. The Morgan fingerprint density at radius 1 is 1.45 bits per heavy atom. The number of benzene rings is 1. The monoisotopic (exact) mass is 280 g/mol. The number of hydrogen-bond acceptors (Lipinski definition) is 3. The van der Waals surface area contributed by atoms with E-state index in [2.05, 4.69) is 24.1 Å². The van der Waals surface area contributed by atoms with Crippen LogP contribution in [0.4, 0.5) is 4.39 Å². The third-order valence-electron chi connectivity index (χ3n) is 4.15. The van der Waals surface area contributed by atoms with E-state index >= 15 is 0 Å². The number of nitrogens with zero attached hydrogens (tertiary/aromatic N) is 1. The summed E-state index contributed by atoms with van der Waals surface area (Å²) >= 11 is 0. The second-order valence-electron chi connectivity index (χ2n) is 5.68. The Morgan fingerprint density at radius 3 is 2.85 bits per heavy atom. The quantitative estimate of drug-likeness (QED) is 0.896. The summed E-state index contributed by atoms with van der Waals surface area (Å²) in [7, 11) is 1.90. The molecule has 2 rings (SSSR count). The van der Waals surface area contributed by atoms with Crippen LogP contribution in [0.15, 0.2) is 24.3 Å². The Bertz CT molecular complexity index is 427. The van der Waals surface area contributed by atoms with Crippen LogP contribution in [0.1, 0.15) is 25.5 Å². The fourth-order valence-corrected chi connectivity index (χ4v) is 2.98. The fraction of sp³-hybridized carbons (Fsp3) is 0.625. The number of morpholine rings is 1. The SMILES string of the molecule is CNC(c1ccccc1F)C(C)CN1CCOCC1C.